The lowest BCUT2D eigenvalue weighted by Gasteiger charge is -2.24. The number of nitrogens with one attached hydrogen (secondary N) is 1. The van der Waals surface area contributed by atoms with Crippen LogP contribution in [-0.4, -0.2) is 56.7 Å². The van der Waals surface area contributed by atoms with Gasteiger partial charge in [0, 0.05) is 32.8 Å². The summed E-state index contributed by atoms with van der Waals surface area (Å²) in [5.41, 5.74) is 5.48. The van der Waals surface area contributed by atoms with Gasteiger partial charge in [-0.15, -0.1) is 0 Å². The zero-order valence-electron chi connectivity index (χ0n) is 11.7. The second kappa shape index (κ2) is 8.45. The van der Waals surface area contributed by atoms with E-state index >= 15 is 0 Å². The van der Waals surface area contributed by atoms with E-state index in [2.05, 4.69) is 17.3 Å². The summed E-state index contributed by atoms with van der Waals surface area (Å²) in [4.78, 5) is 14.0. The summed E-state index contributed by atoms with van der Waals surface area (Å²) in [5.74, 6) is 0.0205. The average molecular weight is 257 g/mol. The number of nitrogens with two attached hydrogens (primary N) is 1. The van der Waals surface area contributed by atoms with E-state index in [1.807, 2.05) is 0 Å². The van der Waals surface area contributed by atoms with Crippen LogP contribution in [0.2, 0.25) is 0 Å². The summed E-state index contributed by atoms with van der Waals surface area (Å²) >= 11 is 0. The molecule has 1 rings (SSSR count). The van der Waals surface area contributed by atoms with Crippen molar-refractivity contribution in [2.75, 3.05) is 33.8 Å². The van der Waals surface area contributed by atoms with E-state index in [0.717, 1.165) is 6.54 Å². The van der Waals surface area contributed by atoms with Gasteiger partial charge < -0.3 is 20.7 Å². The maximum Gasteiger partial charge on any atom is 0.222 e. The SMILES string of the molecule is COC(CN)CC(=O)NCCN(C)C1CCCC1. The minimum atomic E-state index is -0.169. The molecule has 3 N–H and O–H groups in total. The monoisotopic (exact) mass is 257 g/mol. The predicted molar refractivity (Wildman–Crippen MR) is 72.4 cm³/mol. The fourth-order valence-electron chi connectivity index (χ4n) is 2.44. The zero-order chi connectivity index (χ0) is 13.4. The Morgan fingerprint density at radius 1 is 1.50 bits per heavy atom. The quantitative estimate of drug-likeness (QED) is 0.658. The van der Waals surface area contributed by atoms with Gasteiger partial charge in [-0.25, -0.2) is 0 Å². The van der Waals surface area contributed by atoms with Gasteiger partial charge in [-0.1, -0.05) is 12.8 Å². The Labute approximate surface area is 110 Å². The molecule has 1 amide bonds. The lowest BCUT2D eigenvalue weighted by molar-refractivity contribution is -0.123. The van der Waals surface area contributed by atoms with Crippen LogP contribution in [0, 0.1) is 0 Å². The molecule has 5 nitrogen and oxygen atoms in total. The Morgan fingerprint density at radius 2 is 2.17 bits per heavy atom. The van der Waals surface area contributed by atoms with Gasteiger partial charge in [-0.3, -0.25) is 4.79 Å². The van der Waals surface area contributed by atoms with Crippen molar-refractivity contribution in [3.63, 3.8) is 0 Å². The van der Waals surface area contributed by atoms with Crippen LogP contribution in [0.25, 0.3) is 0 Å². The molecule has 0 aliphatic heterocycles. The fraction of sp³-hybridized carbons (Fsp3) is 0.923. The molecule has 1 atom stereocenters. The molecular formula is C13H27N3O2. The molecule has 1 fully saturated rings. The van der Waals surface area contributed by atoms with Crippen LogP contribution < -0.4 is 11.1 Å². The first-order valence-electron chi connectivity index (χ1n) is 6.87. The van der Waals surface area contributed by atoms with Gasteiger partial charge in [0.15, 0.2) is 0 Å². The molecular weight excluding hydrogens is 230 g/mol. The third-order valence-corrected chi connectivity index (χ3v) is 3.74. The van der Waals surface area contributed by atoms with Gasteiger partial charge in [-0.05, 0) is 19.9 Å². The summed E-state index contributed by atoms with van der Waals surface area (Å²) in [6.07, 6.45) is 5.45. The highest BCUT2D eigenvalue weighted by molar-refractivity contribution is 5.76. The first-order chi connectivity index (χ1) is 8.67. The highest BCUT2D eigenvalue weighted by atomic mass is 16.5. The molecule has 18 heavy (non-hydrogen) atoms. The molecule has 1 aliphatic carbocycles. The van der Waals surface area contributed by atoms with E-state index in [1.54, 1.807) is 7.11 Å². The first kappa shape index (κ1) is 15.4. The van der Waals surface area contributed by atoms with Crippen LogP contribution in [0.5, 0.6) is 0 Å². The molecule has 0 aromatic rings. The number of likely N-dealkylation sites (N-methyl/N-ethyl adjacent to an activating group) is 1. The molecule has 0 saturated heterocycles. The molecule has 106 valence electrons. The Morgan fingerprint density at radius 3 is 2.72 bits per heavy atom. The average Bonchev–Trinajstić information content (AvgIpc) is 2.89. The van der Waals surface area contributed by atoms with E-state index in [-0.39, 0.29) is 12.0 Å². The molecule has 1 saturated carbocycles. The lowest BCUT2D eigenvalue weighted by Crippen LogP contribution is -2.39. The Balaban J connectivity index is 2.10. The van der Waals surface area contributed by atoms with Crippen molar-refractivity contribution in [1.82, 2.24) is 10.2 Å². The Bertz CT molecular complexity index is 238. The second-order valence-electron chi connectivity index (χ2n) is 5.07. The summed E-state index contributed by atoms with van der Waals surface area (Å²) in [5, 5.41) is 2.92. The van der Waals surface area contributed by atoms with Crippen LogP contribution in [0.4, 0.5) is 0 Å². The predicted octanol–water partition coefficient (Wildman–Crippen LogP) is 0.341. The van der Waals surface area contributed by atoms with Gasteiger partial charge >= 0.3 is 0 Å². The summed E-state index contributed by atoms with van der Waals surface area (Å²) in [6, 6.07) is 0.706. The topological polar surface area (TPSA) is 67.6 Å². The molecule has 1 aliphatic rings. The molecule has 0 aromatic carbocycles. The standard InChI is InChI=1S/C13H27N3O2/c1-16(11-5-3-4-6-11)8-7-15-13(17)9-12(10-14)18-2/h11-12H,3-10,14H2,1-2H3,(H,15,17). The number of hydrogen-bond acceptors (Lipinski definition) is 4. The van der Waals surface area contributed by atoms with E-state index in [0.29, 0.717) is 25.6 Å². The highest BCUT2D eigenvalue weighted by Gasteiger charge is 2.19. The van der Waals surface area contributed by atoms with Crippen molar-refractivity contribution >= 4 is 5.91 Å². The van der Waals surface area contributed by atoms with Crippen LogP contribution in [0.15, 0.2) is 0 Å². The van der Waals surface area contributed by atoms with Gasteiger partial charge in [-0.2, -0.15) is 0 Å². The minimum Gasteiger partial charge on any atom is -0.380 e. The molecule has 0 spiro atoms. The smallest absolute Gasteiger partial charge is 0.222 e. The summed E-state index contributed by atoms with van der Waals surface area (Å²) < 4.78 is 5.08. The highest BCUT2D eigenvalue weighted by Crippen LogP contribution is 2.21. The Kier molecular flexibility index (Phi) is 7.23. The van der Waals surface area contributed by atoms with Crippen molar-refractivity contribution in [2.45, 2.75) is 44.2 Å². The number of methoxy groups -OCH3 is 1. The summed E-state index contributed by atoms with van der Waals surface area (Å²) in [7, 11) is 3.72. The fourth-order valence-corrected chi connectivity index (χ4v) is 2.44. The zero-order valence-corrected chi connectivity index (χ0v) is 11.7. The van der Waals surface area contributed by atoms with Crippen LogP contribution in [0.1, 0.15) is 32.1 Å². The molecule has 0 bridgehead atoms. The van der Waals surface area contributed by atoms with Crippen molar-refractivity contribution in [2.24, 2.45) is 5.73 Å². The summed E-state index contributed by atoms with van der Waals surface area (Å²) in [6.45, 7) is 2.00. The van der Waals surface area contributed by atoms with Crippen molar-refractivity contribution in [1.29, 1.82) is 0 Å². The van der Waals surface area contributed by atoms with Crippen molar-refractivity contribution in [3.05, 3.63) is 0 Å². The first-order valence-corrected chi connectivity index (χ1v) is 6.87. The molecule has 0 radical (unpaired) electrons. The number of amides is 1. The van der Waals surface area contributed by atoms with Gasteiger partial charge in [0.2, 0.25) is 5.91 Å². The maximum absolute atomic E-state index is 11.6. The number of carbonyl (C=O) groups excluding carboxylic acids is 1. The van der Waals surface area contributed by atoms with E-state index in [4.69, 9.17) is 10.5 Å². The van der Waals surface area contributed by atoms with Gasteiger partial charge in [0.25, 0.3) is 0 Å². The van der Waals surface area contributed by atoms with Crippen LogP contribution in [0.3, 0.4) is 0 Å². The van der Waals surface area contributed by atoms with Gasteiger partial charge in [0.05, 0.1) is 12.5 Å². The molecule has 5 heteroatoms. The van der Waals surface area contributed by atoms with E-state index in [1.165, 1.54) is 25.7 Å². The number of carbonyl (C=O) groups is 1. The number of ether oxygens (including phenoxy) is 1. The largest absolute Gasteiger partial charge is 0.380 e. The third-order valence-electron chi connectivity index (χ3n) is 3.74. The van der Waals surface area contributed by atoms with Crippen LogP contribution in [-0.2, 0) is 9.53 Å². The van der Waals surface area contributed by atoms with Crippen LogP contribution >= 0.6 is 0 Å². The number of rotatable bonds is 8. The normalized spacial score (nSPS) is 18.2. The number of nitrogens with zero attached hydrogens (tertiary/aromatic N) is 1. The van der Waals surface area contributed by atoms with E-state index in [9.17, 15) is 4.79 Å². The molecule has 0 aromatic heterocycles. The second-order valence-corrected chi connectivity index (χ2v) is 5.07. The molecule has 1 unspecified atom stereocenters. The van der Waals surface area contributed by atoms with Crippen molar-refractivity contribution in [3.8, 4) is 0 Å². The number of hydrogen-bond donors (Lipinski definition) is 2. The minimum absolute atomic E-state index is 0.0205. The van der Waals surface area contributed by atoms with Gasteiger partial charge in [0.1, 0.15) is 0 Å². The maximum atomic E-state index is 11.6. The van der Waals surface area contributed by atoms with Crippen molar-refractivity contribution < 1.29 is 9.53 Å². The third kappa shape index (κ3) is 5.33. The van der Waals surface area contributed by atoms with E-state index < -0.39 is 0 Å². The lowest BCUT2D eigenvalue weighted by atomic mass is 10.2. The molecule has 0 heterocycles. The Hall–Kier alpha value is -0.650.